The van der Waals surface area contributed by atoms with Crippen molar-refractivity contribution in [2.45, 2.75) is 20.3 Å². The third-order valence-corrected chi connectivity index (χ3v) is 0.984. The lowest BCUT2D eigenvalue weighted by atomic mass is 10.1. The van der Waals surface area contributed by atoms with Crippen molar-refractivity contribution in [2.75, 3.05) is 0 Å². The Kier molecular flexibility index (Phi) is 3.38. The van der Waals surface area contributed by atoms with Crippen LogP contribution in [0.15, 0.2) is 5.10 Å². The molecular formula is C5H12N2. The average molecular weight is 100 g/mol. The van der Waals surface area contributed by atoms with Gasteiger partial charge in [-0.15, -0.1) is 0 Å². The molecule has 2 N–H and O–H groups in total. The summed E-state index contributed by atoms with van der Waals surface area (Å²) in [5, 5.41) is 3.38. The molecule has 0 aliphatic heterocycles. The fourth-order valence-corrected chi connectivity index (χ4v) is 0.252. The van der Waals surface area contributed by atoms with E-state index < -0.39 is 0 Å². The number of nitrogens with zero attached hydrogens (tertiary/aromatic N) is 1. The van der Waals surface area contributed by atoms with Crippen LogP contribution in [0.5, 0.6) is 0 Å². The van der Waals surface area contributed by atoms with Gasteiger partial charge in [0.25, 0.3) is 0 Å². The minimum Gasteiger partial charge on any atom is -0.324 e. The number of hydrazone groups is 1. The second-order valence-electron chi connectivity index (χ2n) is 1.68. The topological polar surface area (TPSA) is 38.4 Å². The highest BCUT2D eigenvalue weighted by Gasteiger charge is 1.88. The van der Waals surface area contributed by atoms with Gasteiger partial charge in [-0.25, -0.2) is 0 Å². The van der Waals surface area contributed by atoms with Crippen LogP contribution in [-0.4, -0.2) is 6.21 Å². The first-order valence-corrected chi connectivity index (χ1v) is 2.54. The van der Waals surface area contributed by atoms with Crippen LogP contribution in [0.4, 0.5) is 0 Å². The molecule has 0 aromatic rings. The summed E-state index contributed by atoms with van der Waals surface area (Å²) in [6.45, 7) is 4.18. The predicted molar refractivity (Wildman–Crippen MR) is 32.1 cm³/mol. The van der Waals surface area contributed by atoms with Gasteiger partial charge in [-0.2, -0.15) is 5.10 Å². The fraction of sp³-hybridized carbons (Fsp3) is 0.800. The molecule has 0 saturated carbocycles. The molecule has 7 heavy (non-hydrogen) atoms. The first kappa shape index (κ1) is 6.47. The maximum absolute atomic E-state index is 4.87. The van der Waals surface area contributed by atoms with Gasteiger partial charge in [-0.05, 0) is 12.3 Å². The van der Waals surface area contributed by atoms with Gasteiger partial charge in [-0.3, -0.25) is 0 Å². The maximum atomic E-state index is 4.87. The highest BCUT2D eigenvalue weighted by Crippen LogP contribution is 1.93. The lowest BCUT2D eigenvalue weighted by Gasteiger charge is -1.94. The summed E-state index contributed by atoms with van der Waals surface area (Å²) in [7, 11) is 0. The average Bonchev–Trinajstić information content (AvgIpc) is 1.68. The Morgan fingerprint density at radius 2 is 2.43 bits per heavy atom. The highest BCUT2D eigenvalue weighted by molar-refractivity contribution is 5.59. The lowest BCUT2D eigenvalue weighted by molar-refractivity contribution is 0.751. The zero-order valence-electron chi connectivity index (χ0n) is 4.89. The molecule has 0 spiro atoms. The van der Waals surface area contributed by atoms with E-state index >= 15 is 0 Å². The van der Waals surface area contributed by atoms with E-state index in [0.29, 0.717) is 5.92 Å². The molecule has 42 valence electrons. The Hall–Kier alpha value is -0.530. The van der Waals surface area contributed by atoms with Crippen molar-refractivity contribution in [2.24, 2.45) is 16.9 Å². The Labute approximate surface area is 44.4 Å². The summed E-state index contributed by atoms with van der Waals surface area (Å²) < 4.78 is 0. The van der Waals surface area contributed by atoms with E-state index in [9.17, 15) is 0 Å². The molecule has 1 unspecified atom stereocenters. The van der Waals surface area contributed by atoms with E-state index in [1.807, 2.05) is 0 Å². The molecule has 2 nitrogen and oxygen atoms in total. The fourth-order valence-electron chi connectivity index (χ4n) is 0.252. The summed E-state index contributed by atoms with van der Waals surface area (Å²) >= 11 is 0. The molecule has 0 aliphatic carbocycles. The van der Waals surface area contributed by atoms with E-state index in [0.717, 1.165) is 6.42 Å². The van der Waals surface area contributed by atoms with Crippen LogP contribution in [0.1, 0.15) is 20.3 Å². The van der Waals surface area contributed by atoms with Crippen molar-refractivity contribution in [3.63, 3.8) is 0 Å². The molecule has 0 amide bonds. The van der Waals surface area contributed by atoms with Gasteiger partial charge < -0.3 is 5.84 Å². The Morgan fingerprint density at radius 1 is 1.86 bits per heavy atom. The van der Waals surface area contributed by atoms with Crippen LogP contribution in [0.3, 0.4) is 0 Å². The molecule has 0 aromatic carbocycles. The van der Waals surface area contributed by atoms with E-state index in [1.54, 1.807) is 6.21 Å². The second-order valence-corrected chi connectivity index (χ2v) is 1.68. The van der Waals surface area contributed by atoms with Crippen LogP contribution in [0.25, 0.3) is 0 Å². The molecule has 0 saturated heterocycles. The zero-order chi connectivity index (χ0) is 5.70. The summed E-state index contributed by atoms with van der Waals surface area (Å²) in [4.78, 5) is 0. The van der Waals surface area contributed by atoms with Crippen LogP contribution in [0.2, 0.25) is 0 Å². The number of hydrogen-bond donors (Lipinski definition) is 1. The van der Waals surface area contributed by atoms with E-state index in [2.05, 4.69) is 18.9 Å². The third kappa shape index (κ3) is 3.30. The minimum atomic E-state index is 0.532. The van der Waals surface area contributed by atoms with Gasteiger partial charge in [0.2, 0.25) is 0 Å². The van der Waals surface area contributed by atoms with Gasteiger partial charge in [0.1, 0.15) is 0 Å². The van der Waals surface area contributed by atoms with Crippen molar-refractivity contribution in [3.8, 4) is 0 Å². The quantitative estimate of drug-likeness (QED) is 0.313. The lowest BCUT2D eigenvalue weighted by Crippen LogP contribution is -1.94. The summed E-state index contributed by atoms with van der Waals surface area (Å²) in [5.41, 5.74) is 0. The minimum absolute atomic E-state index is 0.532. The molecule has 0 bridgehead atoms. The monoisotopic (exact) mass is 100 g/mol. The molecule has 0 rings (SSSR count). The number of rotatable bonds is 2. The van der Waals surface area contributed by atoms with E-state index in [4.69, 9.17) is 5.84 Å². The molecule has 0 aliphatic rings. The van der Waals surface area contributed by atoms with Gasteiger partial charge in [-0.1, -0.05) is 13.8 Å². The summed E-state index contributed by atoms with van der Waals surface area (Å²) in [6.07, 6.45) is 2.86. The maximum Gasteiger partial charge on any atom is 0.0268 e. The normalized spacial score (nSPS) is 15.1. The first-order chi connectivity index (χ1) is 3.31. The van der Waals surface area contributed by atoms with Crippen LogP contribution < -0.4 is 5.84 Å². The molecule has 0 heterocycles. The van der Waals surface area contributed by atoms with Crippen molar-refractivity contribution in [3.05, 3.63) is 0 Å². The number of hydrogen-bond acceptors (Lipinski definition) is 2. The molecule has 0 radical (unpaired) electrons. The molecule has 0 fully saturated rings. The summed E-state index contributed by atoms with van der Waals surface area (Å²) in [5.74, 6) is 5.41. The standard InChI is InChI=1S/C5H12N2/c1-3-5(2)4-7-6/h4-5H,3,6H2,1-2H3. The first-order valence-electron chi connectivity index (χ1n) is 2.54. The van der Waals surface area contributed by atoms with Gasteiger partial charge in [0, 0.05) is 6.21 Å². The third-order valence-electron chi connectivity index (χ3n) is 0.984. The van der Waals surface area contributed by atoms with Crippen LogP contribution in [-0.2, 0) is 0 Å². The molecule has 0 aromatic heterocycles. The van der Waals surface area contributed by atoms with Gasteiger partial charge in [0.05, 0.1) is 0 Å². The Morgan fingerprint density at radius 3 is 2.57 bits per heavy atom. The van der Waals surface area contributed by atoms with Crippen LogP contribution >= 0.6 is 0 Å². The Balaban J connectivity index is 3.16. The Bertz CT molecular complexity index is 59.1. The van der Waals surface area contributed by atoms with Crippen LogP contribution in [0, 0.1) is 5.92 Å². The SMILES string of the molecule is CCC(C)C=NN. The molecular weight excluding hydrogens is 88.1 g/mol. The van der Waals surface area contributed by atoms with Crippen molar-refractivity contribution >= 4 is 6.21 Å². The van der Waals surface area contributed by atoms with Crippen molar-refractivity contribution in [1.82, 2.24) is 0 Å². The molecule has 1 atom stereocenters. The van der Waals surface area contributed by atoms with Gasteiger partial charge >= 0.3 is 0 Å². The number of nitrogens with two attached hydrogens (primary N) is 1. The van der Waals surface area contributed by atoms with E-state index in [-0.39, 0.29) is 0 Å². The zero-order valence-corrected chi connectivity index (χ0v) is 4.89. The van der Waals surface area contributed by atoms with Crippen molar-refractivity contribution < 1.29 is 0 Å². The largest absolute Gasteiger partial charge is 0.324 e. The van der Waals surface area contributed by atoms with Crippen molar-refractivity contribution in [1.29, 1.82) is 0 Å². The van der Waals surface area contributed by atoms with E-state index in [1.165, 1.54) is 0 Å². The second kappa shape index (κ2) is 3.65. The highest BCUT2D eigenvalue weighted by atomic mass is 15.1. The summed E-state index contributed by atoms with van der Waals surface area (Å²) in [6, 6.07) is 0. The predicted octanol–water partition coefficient (Wildman–Crippen LogP) is 0.977. The molecule has 2 heteroatoms. The smallest absolute Gasteiger partial charge is 0.0268 e. The van der Waals surface area contributed by atoms with Gasteiger partial charge in [0.15, 0.2) is 0 Å².